The maximum Gasteiger partial charge on any atom is 0.279 e. The third-order valence-electron chi connectivity index (χ3n) is 2.26. The number of rotatable bonds is 2. The largest absolute Gasteiger partial charge is 0.326 e. The molecule has 0 aromatic rings. The van der Waals surface area contributed by atoms with Gasteiger partial charge in [-0.05, 0) is 12.3 Å². The Labute approximate surface area is 79.5 Å². The Morgan fingerprint density at radius 1 is 1.46 bits per heavy atom. The van der Waals surface area contributed by atoms with Gasteiger partial charge in [0.1, 0.15) is 0 Å². The molecule has 1 fully saturated rings. The molecule has 1 saturated heterocycles. The van der Waals surface area contributed by atoms with E-state index in [-0.39, 0.29) is 6.04 Å². The molecule has 5 nitrogen and oxygen atoms in total. The van der Waals surface area contributed by atoms with Crippen LogP contribution in [0.3, 0.4) is 0 Å². The van der Waals surface area contributed by atoms with Crippen molar-refractivity contribution in [3.05, 3.63) is 0 Å². The number of nitrogens with two attached hydrogens (primary N) is 1. The molecule has 1 aliphatic rings. The van der Waals surface area contributed by atoms with Crippen LogP contribution in [0.1, 0.15) is 13.3 Å². The van der Waals surface area contributed by atoms with E-state index in [4.69, 9.17) is 5.73 Å². The first-order valence-electron chi connectivity index (χ1n) is 4.40. The van der Waals surface area contributed by atoms with Crippen molar-refractivity contribution in [3.63, 3.8) is 0 Å². The molecule has 0 spiro atoms. The van der Waals surface area contributed by atoms with Crippen molar-refractivity contribution in [3.8, 4) is 0 Å². The van der Waals surface area contributed by atoms with E-state index >= 15 is 0 Å². The van der Waals surface area contributed by atoms with Crippen LogP contribution in [0.15, 0.2) is 0 Å². The highest BCUT2D eigenvalue weighted by Gasteiger charge is 2.29. The van der Waals surface area contributed by atoms with Crippen LogP contribution in [0.2, 0.25) is 0 Å². The van der Waals surface area contributed by atoms with Crippen molar-refractivity contribution >= 4 is 10.2 Å². The van der Waals surface area contributed by atoms with E-state index in [0.29, 0.717) is 19.0 Å². The zero-order chi connectivity index (χ0) is 10.1. The second kappa shape index (κ2) is 3.91. The smallest absolute Gasteiger partial charge is 0.279 e. The van der Waals surface area contributed by atoms with Crippen LogP contribution in [-0.4, -0.2) is 38.9 Å². The Balaban J connectivity index is 2.71. The number of nitrogens with zero attached hydrogens (tertiary/aromatic N) is 1. The van der Waals surface area contributed by atoms with Gasteiger partial charge in [0.05, 0.1) is 0 Å². The minimum absolute atomic E-state index is 0.0353. The molecule has 2 atom stereocenters. The van der Waals surface area contributed by atoms with Crippen molar-refractivity contribution in [1.29, 1.82) is 0 Å². The van der Waals surface area contributed by atoms with Gasteiger partial charge in [0, 0.05) is 26.2 Å². The van der Waals surface area contributed by atoms with Gasteiger partial charge in [-0.1, -0.05) is 6.92 Å². The quantitative estimate of drug-likeness (QED) is 0.617. The van der Waals surface area contributed by atoms with Crippen molar-refractivity contribution in [2.24, 2.45) is 11.7 Å². The third-order valence-corrected chi connectivity index (χ3v) is 3.75. The van der Waals surface area contributed by atoms with E-state index < -0.39 is 10.2 Å². The molecule has 0 radical (unpaired) electrons. The monoisotopic (exact) mass is 207 g/mol. The van der Waals surface area contributed by atoms with Crippen LogP contribution >= 0.6 is 0 Å². The van der Waals surface area contributed by atoms with Gasteiger partial charge in [-0.15, -0.1) is 0 Å². The Kier molecular flexibility index (Phi) is 3.28. The minimum Gasteiger partial charge on any atom is -0.326 e. The lowest BCUT2D eigenvalue weighted by Crippen LogP contribution is -2.51. The highest BCUT2D eigenvalue weighted by atomic mass is 32.2. The molecule has 3 N–H and O–H groups in total. The third kappa shape index (κ3) is 2.63. The SMILES string of the molecule is CNS(=O)(=O)N1CC(C)CC(N)C1. The van der Waals surface area contributed by atoms with E-state index in [0.717, 1.165) is 6.42 Å². The van der Waals surface area contributed by atoms with E-state index in [1.54, 1.807) is 0 Å². The van der Waals surface area contributed by atoms with Gasteiger partial charge in [-0.25, -0.2) is 4.72 Å². The Bertz CT molecular complexity index is 255. The first-order valence-corrected chi connectivity index (χ1v) is 5.84. The predicted octanol–water partition coefficient (Wildman–Crippen LogP) is -0.880. The first-order chi connectivity index (χ1) is 5.95. The lowest BCUT2D eigenvalue weighted by molar-refractivity contribution is 0.252. The number of piperidine rings is 1. The normalized spacial score (nSPS) is 31.9. The zero-order valence-electron chi connectivity index (χ0n) is 8.03. The molecular formula is C7H17N3O2S. The van der Waals surface area contributed by atoms with Crippen LogP contribution in [-0.2, 0) is 10.2 Å². The fraction of sp³-hybridized carbons (Fsp3) is 1.00. The molecule has 2 unspecified atom stereocenters. The van der Waals surface area contributed by atoms with Crippen LogP contribution in [0.5, 0.6) is 0 Å². The molecule has 0 amide bonds. The second-order valence-electron chi connectivity index (χ2n) is 3.63. The van der Waals surface area contributed by atoms with Crippen molar-refractivity contribution in [1.82, 2.24) is 9.03 Å². The number of hydrogen-bond donors (Lipinski definition) is 2. The van der Waals surface area contributed by atoms with E-state index in [1.807, 2.05) is 6.92 Å². The maximum absolute atomic E-state index is 11.4. The molecule has 1 aliphatic heterocycles. The minimum atomic E-state index is -3.28. The van der Waals surface area contributed by atoms with E-state index in [1.165, 1.54) is 11.4 Å². The Morgan fingerprint density at radius 2 is 2.08 bits per heavy atom. The Morgan fingerprint density at radius 3 is 2.54 bits per heavy atom. The average molecular weight is 207 g/mol. The average Bonchev–Trinajstić information content (AvgIpc) is 2.02. The molecule has 0 saturated carbocycles. The fourth-order valence-electron chi connectivity index (χ4n) is 1.67. The molecule has 6 heteroatoms. The molecule has 0 bridgehead atoms. The summed E-state index contributed by atoms with van der Waals surface area (Å²) in [6, 6.07) is -0.0353. The fourth-order valence-corrected chi connectivity index (χ4v) is 2.77. The predicted molar refractivity (Wildman–Crippen MR) is 51.3 cm³/mol. The Hall–Kier alpha value is -0.170. The lowest BCUT2D eigenvalue weighted by Gasteiger charge is -2.33. The van der Waals surface area contributed by atoms with Crippen molar-refractivity contribution < 1.29 is 8.42 Å². The lowest BCUT2D eigenvalue weighted by atomic mass is 9.99. The van der Waals surface area contributed by atoms with Gasteiger partial charge in [-0.3, -0.25) is 0 Å². The van der Waals surface area contributed by atoms with E-state index in [9.17, 15) is 8.42 Å². The summed E-state index contributed by atoms with van der Waals surface area (Å²) in [5.74, 6) is 0.340. The summed E-state index contributed by atoms with van der Waals surface area (Å²) in [5.41, 5.74) is 5.73. The standard InChI is InChI=1S/C7H17N3O2S/c1-6-3-7(8)5-10(4-6)13(11,12)9-2/h6-7,9H,3-5,8H2,1-2H3. The summed E-state index contributed by atoms with van der Waals surface area (Å²) >= 11 is 0. The summed E-state index contributed by atoms with van der Waals surface area (Å²) in [6.45, 7) is 3.00. The van der Waals surface area contributed by atoms with Gasteiger partial charge in [0.15, 0.2) is 0 Å². The van der Waals surface area contributed by atoms with Crippen molar-refractivity contribution in [2.45, 2.75) is 19.4 Å². The summed E-state index contributed by atoms with van der Waals surface area (Å²) in [6.07, 6.45) is 0.899. The van der Waals surface area contributed by atoms with Gasteiger partial charge in [-0.2, -0.15) is 12.7 Å². The molecule has 13 heavy (non-hydrogen) atoms. The molecule has 78 valence electrons. The van der Waals surface area contributed by atoms with Crippen LogP contribution in [0.4, 0.5) is 0 Å². The van der Waals surface area contributed by atoms with E-state index in [2.05, 4.69) is 4.72 Å². The van der Waals surface area contributed by atoms with Crippen LogP contribution in [0, 0.1) is 5.92 Å². The molecule has 1 heterocycles. The van der Waals surface area contributed by atoms with Gasteiger partial charge in [0.25, 0.3) is 10.2 Å². The highest BCUT2D eigenvalue weighted by Crippen LogP contribution is 2.16. The molecule has 0 aromatic carbocycles. The topological polar surface area (TPSA) is 75.4 Å². The number of nitrogens with one attached hydrogen (secondary N) is 1. The summed E-state index contributed by atoms with van der Waals surface area (Å²) in [7, 11) is -1.87. The van der Waals surface area contributed by atoms with Crippen molar-refractivity contribution in [2.75, 3.05) is 20.1 Å². The maximum atomic E-state index is 11.4. The highest BCUT2D eigenvalue weighted by molar-refractivity contribution is 7.87. The molecular weight excluding hydrogens is 190 g/mol. The van der Waals surface area contributed by atoms with Gasteiger partial charge >= 0.3 is 0 Å². The van der Waals surface area contributed by atoms with Crippen LogP contribution in [0.25, 0.3) is 0 Å². The van der Waals surface area contributed by atoms with Crippen LogP contribution < -0.4 is 10.5 Å². The summed E-state index contributed by atoms with van der Waals surface area (Å²) in [5, 5.41) is 0. The molecule has 0 aromatic heterocycles. The van der Waals surface area contributed by atoms with Gasteiger partial charge in [0.2, 0.25) is 0 Å². The number of hydrogen-bond acceptors (Lipinski definition) is 3. The molecule has 1 rings (SSSR count). The first kappa shape index (κ1) is 10.9. The second-order valence-corrected chi connectivity index (χ2v) is 5.50. The zero-order valence-corrected chi connectivity index (χ0v) is 8.84. The molecule has 0 aliphatic carbocycles. The van der Waals surface area contributed by atoms with Gasteiger partial charge < -0.3 is 5.73 Å². The summed E-state index contributed by atoms with van der Waals surface area (Å²) < 4.78 is 26.5. The summed E-state index contributed by atoms with van der Waals surface area (Å²) in [4.78, 5) is 0.